The van der Waals surface area contributed by atoms with Gasteiger partial charge in [0.2, 0.25) is 17.7 Å². The summed E-state index contributed by atoms with van der Waals surface area (Å²) < 4.78 is 86.5. The molecule has 0 rings (SSSR count). The molecule has 40 heavy (non-hydrogen) atoms. The van der Waals surface area contributed by atoms with Gasteiger partial charge in [0.15, 0.2) is 15.7 Å². The normalized spacial score (nSPS) is 12.4. The molecule has 0 aromatic heterocycles. The molecule has 3 amide bonds. The third-order valence-corrected chi connectivity index (χ3v) is 6.33. The van der Waals surface area contributed by atoms with Crippen LogP contribution in [0.25, 0.3) is 0 Å². The van der Waals surface area contributed by atoms with Crippen LogP contribution in [-0.2, 0) is 59.1 Å². The van der Waals surface area contributed by atoms with E-state index in [0.717, 1.165) is 0 Å². The first-order valence-electron chi connectivity index (χ1n) is 8.17. The first kappa shape index (κ1) is 56.4. The van der Waals surface area contributed by atoms with Crippen LogP contribution in [0.3, 0.4) is 0 Å². The second-order valence-electron chi connectivity index (χ2n) is 6.04. The van der Waals surface area contributed by atoms with E-state index in [1.54, 1.807) is 0 Å². The van der Waals surface area contributed by atoms with E-state index in [1.807, 2.05) is 0 Å². The van der Waals surface area contributed by atoms with Crippen LogP contribution < -0.4 is 135 Å². The molecule has 12 N–H and O–H groups in total. The van der Waals surface area contributed by atoms with E-state index in [0.29, 0.717) is 0 Å². The van der Waals surface area contributed by atoms with Gasteiger partial charge in [-0.25, -0.2) is 0 Å². The predicted octanol–water partition coefficient (Wildman–Crippen LogP) is -16.9. The Morgan fingerprint density at radius 1 is 0.475 bits per heavy atom. The molecule has 21 nitrogen and oxygen atoms in total. The second kappa shape index (κ2) is 24.9. The van der Waals surface area contributed by atoms with Crippen LogP contribution in [0.4, 0.5) is 0 Å². The van der Waals surface area contributed by atoms with Gasteiger partial charge < -0.3 is 38.2 Å². The number of amides is 3. The van der Waals surface area contributed by atoms with Crippen molar-refractivity contribution in [2.75, 3.05) is 0 Å². The number of aliphatic carboxylic acids is 3. The summed E-state index contributed by atoms with van der Waals surface area (Å²) >= 11 is 0. The van der Waals surface area contributed by atoms with Gasteiger partial charge in [-0.1, -0.05) is 0 Å². The maximum Gasteiger partial charge on any atom is 1.00 e. The van der Waals surface area contributed by atoms with Crippen molar-refractivity contribution in [1.29, 1.82) is 0 Å². The molecule has 3 atom stereocenters. The minimum Gasteiger partial charge on any atom is -1.00 e. The number of rotatable bonds is 12. The van der Waals surface area contributed by atoms with Gasteiger partial charge in [-0.15, -0.1) is 0 Å². The molecule has 0 saturated heterocycles. The average Bonchev–Trinajstić information content (AvgIpc) is 2.59. The van der Waals surface area contributed by atoms with Crippen molar-refractivity contribution in [3.05, 3.63) is 0 Å². The topological polar surface area (TPSA) is 404 Å². The number of hydrogen-bond donors (Lipinski definition) is 9. The monoisotopic (exact) mass is 687 g/mol. The molecule has 0 radical (unpaired) electrons. The molecule has 28 heteroatoms. The van der Waals surface area contributed by atoms with Gasteiger partial charge in [-0.3, -0.25) is 42.4 Å². The van der Waals surface area contributed by atoms with Crippen molar-refractivity contribution in [1.82, 2.24) is 0 Å². The van der Waals surface area contributed by atoms with Crippen molar-refractivity contribution >= 4 is 66.0 Å². The molecule has 0 aromatic carbocycles. The fraction of sp³-hybridized carbons (Fsp3) is 0.500. The van der Waals surface area contributed by atoms with Crippen LogP contribution in [0.1, 0.15) is 25.0 Å². The Hall–Kier alpha value is 0.550. The molecule has 0 aliphatic rings. The summed E-state index contributed by atoms with van der Waals surface area (Å²) in [5.74, 6) is -8.76. The van der Waals surface area contributed by atoms with Crippen molar-refractivity contribution in [2.24, 2.45) is 17.2 Å². The first-order chi connectivity index (χ1) is 15.7. The van der Waals surface area contributed by atoms with Gasteiger partial charge >= 0.3 is 136 Å². The van der Waals surface area contributed by atoms with Gasteiger partial charge in [0.05, 0.1) is 19.3 Å². The Bertz CT molecular complexity index is 1060. The van der Waals surface area contributed by atoms with Crippen molar-refractivity contribution < 1.29 is 207 Å². The van der Waals surface area contributed by atoms with Gasteiger partial charge in [0.25, 0.3) is 30.4 Å². The molecule has 0 spiro atoms. The van der Waals surface area contributed by atoms with Crippen LogP contribution in [0.15, 0.2) is 0 Å². The number of carbonyl (C=O) groups is 6. The largest absolute Gasteiger partial charge is 1.00 e. The smallest absolute Gasteiger partial charge is 1.00 e. The van der Waals surface area contributed by atoms with Gasteiger partial charge in [-0.05, 0) is 0 Å². The summed E-state index contributed by atoms with van der Waals surface area (Å²) in [4.78, 5) is 60.8. The predicted molar refractivity (Wildman–Crippen MR) is 115 cm³/mol. The molecule has 0 fully saturated rings. The Morgan fingerprint density at radius 3 is 0.625 bits per heavy atom. The Balaban J connectivity index is -0.0000000378. The van der Waals surface area contributed by atoms with Crippen LogP contribution in [0, 0.1) is 0 Å². The SMILES string of the molecule is NC(=O)CC(C(=O)O)S(=O)(=O)O.NC(=O)CC(C(=O)O)S(=O)(=O)O.NC(=O)CC(C(=O)O)S(=O)(=O)O.[H-].[H-].[H-].[H-].[Na+].[Na+].[Na+].[Na+]. The zero-order valence-corrected chi connectivity index (χ0v) is 31.8. The van der Waals surface area contributed by atoms with E-state index in [1.165, 1.54) is 0 Å². The van der Waals surface area contributed by atoms with Crippen LogP contribution >= 0.6 is 0 Å². The van der Waals surface area contributed by atoms with Crippen molar-refractivity contribution in [3.63, 3.8) is 0 Å². The molecular formula is C12H25N3Na4O18S3. The quantitative estimate of drug-likeness (QED) is 0.0679. The number of carbonyl (C=O) groups excluding carboxylic acids is 3. The summed E-state index contributed by atoms with van der Waals surface area (Å²) in [6.45, 7) is 0. The summed E-state index contributed by atoms with van der Waals surface area (Å²) in [6, 6.07) is 0. The third-order valence-electron chi connectivity index (χ3n) is 3.06. The Labute approximate surface area is 321 Å². The minimum atomic E-state index is -4.76. The minimum absolute atomic E-state index is 0. The van der Waals surface area contributed by atoms with E-state index < -0.39 is 101 Å². The molecular weight excluding hydrogens is 662 g/mol. The van der Waals surface area contributed by atoms with Crippen LogP contribution in [-0.4, -0.2) is 106 Å². The molecule has 0 bridgehead atoms. The molecule has 0 aliphatic carbocycles. The fourth-order valence-electron chi connectivity index (χ4n) is 1.51. The van der Waals surface area contributed by atoms with Crippen molar-refractivity contribution in [2.45, 2.75) is 35.0 Å². The first-order valence-corrected chi connectivity index (χ1v) is 12.7. The number of carboxylic acids is 3. The van der Waals surface area contributed by atoms with Crippen LogP contribution in [0.5, 0.6) is 0 Å². The molecule has 3 unspecified atom stereocenters. The van der Waals surface area contributed by atoms with Crippen molar-refractivity contribution in [3.8, 4) is 0 Å². The molecule has 0 saturated carbocycles. The summed E-state index contributed by atoms with van der Waals surface area (Å²) in [6.07, 6.45) is -2.81. The Kier molecular flexibility index (Phi) is 35.1. The van der Waals surface area contributed by atoms with Gasteiger partial charge in [0.1, 0.15) is 0 Å². The van der Waals surface area contributed by atoms with E-state index in [9.17, 15) is 54.0 Å². The van der Waals surface area contributed by atoms with Crippen LogP contribution in [0.2, 0.25) is 0 Å². The number of nitrogens with two attached hydrogens (primary N) is 3. The fourth-order valence-corrected chi connectivity index (χ4v) is 3.40. The molecule has 218 valence electrons. The van der Waals surface area contributed by atoms with E-state index in [-0.39, 0.29) is 124 Å². The van der Waals surface area contributed by atoms with Gasteiger partial charge in [-0.2, -0.15) is 25.3 Å². The standard InChI is InChI=1S/3C4H7NO6S.4Na.4H/c3*5-3(6)1-2(4(7)8)12(9,10)11;;;;;;;;/h3*2H,1H2,(H2,5,6)(H,7,8)(H,9,10,11);;;;;;;;/q;;;4*+1;4*-1. The third kappa shape index (κ3) is 30.0. The van der Waals surface area contributed by atoms with E-state index in [2.05, 4.69) is 17.2 Å². The zero-order valence-electron chi connectivity index (χ0n) is 25.4. The van der Waals surface area contributed by atoms with E-state index >= 15 is 0 Å². The number of primary amides is 3. The molecule has 0 heterocycles. The Morgan fingerprint density at radius 2 is 0.600 bits per heavy atom. The van der Waals surface area contributed by atoms with E-state index in [4.69, 9.17) is 29.0 Å². The number of hydrogen-bond acceptors (Lipinski definition) is 12. The van der Waals surface area contributed by atoms with Gasteiger partial charge in [0, 0.05) is 0 Å². The molecule has 0 aromatic rings. The second-order valence-corrected chi connectivity index (χ2v) is 10.8. The maximum absolute atomic E-state index is 10.3. The summed E-state index contributed by atoms with van der Waals surface area (Å²) in [7, 11) is -14.3. The number of carboxylic acid groups (broad SMARTS) is 3. The summed E-state index contributed by atoms with van der Waals surface area (Å²) in [5, 5.41) is 18.1. The average molecular weight is 687 g/mol. The summed E-state index contributed by atoms with van der Waals surface area (Å²) in [5.41, 5.74) is 13.6. The maximum atomic E-state index is 10.3. The molecule has 0 aliphatic heterocycles. The zero-order chi connectivity index (χ0) is 29.8.